The van der Waals surface area contributed by atoms with E-state index in [9.17, 15) is 0 Å². The lowest BCUT2D eigenvalue weighted by Gasteiger charge is -2.05. The number of rotatable bonds is 3. The molecule has 2 rings (SSSR count). The van der Waals surface area contributed by atoms with Crippen molar-refractivity contribution in [2.75, 3.05) is 14.2 Å². The van der Waals surface area contributed by atoms with Crippen LogP contribution in [0.3, 0.4) is 0 Å². The number of hydrogen-bond acceptors (Lipinski definition) is 6. The summed E-state index contributed by atoms with van der Waals surface area (Å²) in [5.41, 5.74) is 0. The molecule has 1 N–H and O–H groups in total. The SMILES string of the molecule is COc1cc(OC)nc(-c2n[nH]c(=S)n2C)n1. The van der Waals surface area contributed by atoms with E-state index in [0.717, 1.165) is 0 Å². The Morgan fingerprint density at radius 3 is 2.24 bits per heavy atom. The predicted octanol–water partition coefficient (Wildman–Crippen LogP) is 0.952. The number of hydrogen-bond donors (Lipinski definition) is 1. The van der Waals surface area contributed by atoms with E-state index in [0.29, 0.717) is 28.2 Å². The normalized spacial score (nSPS) is 10.3. The zero-order valence-electron chi connectivity index (χ0n) is 9.59. The molecule has 2 heterocycles. The van der Waals surface area contributed by atoms with Crippen LogP contribution < -0.4 is 9.47 Å². The van der Waals surface area contributed by atoms with Crippen LogP contribution in [0.2, 0.25) is 0 Å². The molecule has 0 saturated carbocycles. The summed E-state index contributed by atoms with van der Waals surface area (Å²) in [5.74, 6) is 1.71. The molecule has 2 aromatic rings. The summed E-state index contributed by atoms with van der Waals surface area (Å²) in [4.78, 5) is 8.36. The minimum atomic E-state index is 0.385. The fourth-order valence-electron chi connectivity index (χ4n) is 1.26. The molecule has 0 radical (unpaired) electrons. The molecule has 0 aliphatic heterocycles. The average Bonchev–Trinajstić information content (AvgIpc) is 2.69. The zero-order chi connectivity index (χ0) is 12.4. The van der Waals surface area contributed by atoms with E-state index < -0.39 is 0 Å². The van der Waals surface area contributed by atoms with Crippen molar-refractivity contribution in [2.24, 2.45) is 7.05 Å². The van der Waals surface area contributed by atoms with E-state index in [1.165, 1.54) is 14.2 Å². The molecule has 0 amide bonds. The highest BCUT2D eigenvalue weighted by Crippen LogP contribution is 2.20. The molecule has 0 aromatic carbocycles. The summed E-state index contributed by atoms with van der Waals surface area (Å²) in [5, 5.41) is 6.71. The number of nitrogens with one attached hydrogen (secondary N) is 1. The van der Waals surface area contributed by atoms with Crippen LogP contribution in [0.4, 0.5) is 0 Å². The molecule has 7 nitrogen and oxygen atoms in total. The Hall–Kier alpha value is -1.96. The van der Waals surface area contributed by atoms with Crippen LogP contribution >= 0.6 is 12.2 Å². The highest BCUT2D eigenvalue weighted by atomic mass is 32.1. The Bertz CT molecular complexity index is 569. The molecule has 8 heteroatoms. The van der Waals surface area contributed by atoms with E-state index >= 15 is 0 Å². The largest absolute Gasteiger partial charge is 0.481 e. The lowest BCUT2D eigenvalue weighted by atomic mass is 10.5. The van der Waals surface area contributed by atoms with Crippen LogP contribution in [-0.4, -0.2) is 39.0 Å². The predicted molar refractivity (Wildman–Crippen MR) is 62.5 cm³/mol. The standard InChI is InChI=1S/C9H11N5O2S/c1-14-8(12-13-9(14)17)7-10-5(15-2)4-6(11-7)16-3/h4H,1-3H3,(H,13,17). The third-order valence-corrected chi connectivity index (χ3v) is 2.54. The molecule has 90 valence electrons. The Labute approximate surface area is 102 Å². The van der Waals surface area contributed by atoms with E-state index in [-0.39, 0.29) is 0 Å². The van der Waals surface area contributed by atoms with Gasteiger partial charge in [-0.05, 0) is 12.2 Å². The van der Waals surface area contributed by atoms with Crippen molar-refractivity contribution < 1.29 is 9.47 Å². The van der Waals surface area contributed by atoms with Gasteiger partial charge >= 0.3 is 0 Å². The van der Waals surface area contributed by atoms with Crippen molar-refractivity contribution >= 4 is 12.2 Å². The first-order chi connectivity index (χ1) is 8.15. The fourth-order valence-corrected chi connectivity index (χ4v) is 1.39. The molecule has 0 atom stereocenters. The molecule has 2 aromatic heterocycles. The lowest BCUT2D eigenvalue weighted by molar-refractivity contribution is 0.372. The molecule has 0 bridgehead atoms. The second kappa shape index (κ2) is 4.50. The van der Waals surface area contributed by atoms with Crippen molar-refractivity contribution in [3.8, 4) is 23.4 Å². The van der Waals surface area contributed by atoms with Crippen molar-refractivity contribution in [3.63, 3.8) is 0 Å². The van der Waals surface area contributed by atoms with Crippen molar-refractivity contribution in [2.45, 2.75) is 0 Å². The van der Waals surface area contributed by atoms with Gasteiger partial charge in [0.15, 0.2) is 10.6 Å². The molecule has 0 fully saturated rings. The second-order valence-corrected chi connectivity index (χ2v) is 3.57. The first-order valence-electron chi connectivity index (χ1n) is 4.74. The van der Waals surface area contributed by atoms with Gasteiger partial charge in [0.05, 0.1) is 20.3 Å². The van der Waals surface area contributed by atoms with Crippen LogP contribution in [0.1, 0.15) is 0 Å². The van der Waals surface area contributed by atoms with E-state index in [2.05, 4.69) is 20.2 Å². The number of methoxy groups -OCH3 is 2. The van der Waals surface area contributed by atoms with Crippen LogP contribution in [0.5, 0.6) is 11.8 Å². The van der Waals surface area contributed by atoms with Gasteiger partial charge in [-0.2, -0.15) is 15.1 Å². The fraction of sp³-hybridized carbons (Fsp3) is 0.333. The van der Waals surface area contributed by atoms with E-state index in [4.69, 9.17) is 21.7 Å². The first-order valence-corrected chi connectivity index (χ1v) is 5.15. The topological polar surface area (TPSA) is 77.9 Å². The summed E-state index contributed by atoms with van der Waals surface area (Å²) in [6.45, 7) is 0. The van der Waals surface area contributed by atoms with Gasteiger partial charge in [0.25, 0.3) is 0 Å². The maximum atomic E-state index is 5.06. The summed E-state index contributed by atoms with van der Waals surface area (Å²) in [6, 6.07) is 1.59. The Morgan fingerprint density at radius 1 is 1.24 bits per heavy atom. The molecular formula is C9H11N5O2S. The van der Waals surface area contributed by atoms with Crippen LogP contribution in [0, 0.1) is 4.77 Å². The van der Waals surface area contributed by atoms with E-state index in [1.54, 1.807) is 17.7 Å². The highest BCUT2D eigenvalue weighted by molar-refractivity contribution is 7.71. The molecule has 0 unspecified atom stereocenters. The Kier molecular flexibility index (Phi) is 3.05. The summed E-state index contributed by atoms with van der Waals surface area (Å²) in [6.07, 6.45) is 0. The Morgan fingerprint density at radius 2 is 1.82 bits per heavy atom. The molecule has 0 aliphatic carbocycles. The van der Waals surface area contributed by atoms with Gasteiger partial charge in [0, 0.05) is 7.05 Å². The van der Waals surface area contributed by atoms with Gasteiger partial charge in [-0.1, -0.05) is 0 Å². The summed E-state index contributed by atoms with van der Waals surface area (Å²) in [7, 11) is 4.82. The van der Waals surface area contributed by atoms with Gasteiger partial charge in [-0.25, -0.2) is 0 Å². The van der Waals surface area contributed by atoms with Gasteiger partial charge in [-0.15, -0.1) is 0 Å². The number of ether oxygens (including phenoxy) is 2. The van der Waals surface area contributed by atoms with E-state index in [1.807, 2.05) is 0 Å². The highest BCUT2D eigenvalue weighted by Gasteiger charge is 2.12. The molecule has 17 heavy (non-hydrogen) atoms. The zero-order valence-corrected chi connectivity index (χ0v) is 10.4. The lowest BCUT2D eigenvalue weighted by Crippen LogP contribution is -2.01. The first kappa shape index (κ1) is 11.5. The maximum Gasteiger partial charge on any atom is 0.220 e. The minimum Gasteiger partial charge on any atom is -0.481 e. The third-order valence-electron chi connectivity index (χ3n) is 2.18. The number of aromatic nitrogens is 5. The maximum absolute atomic E-state index is 5.06. The third kappa shape index (κ3) is 2.11. The molecule has 0 saturated heterocycles. The smallest absolute Gasteiger partial charge is 0.220 e. The molecule has 0 spiro atoms. The molecule has 0 aliphatic rings. The Balaban J connectivity index is 2.58. The van der Waals surface area contributed by atoms with Crippen LogP contribution in [0.25, 0.3) is 11.6 Å². The van der Waals surface area contributed by atoms with Gasteiger partial charge in [0.1, 0.15) is 0 Å². The van der Waals surface area contributed by atoms with Crippen LogP contribution in [0.15, 0.2) is 6.07 Å². The van der Waals surface area contributed by atoms with Crippen molar-refractivity contribution in [1.82, 2.24) is 24.7 Å². The van der Waals surface area contributed by atoms with Gasteiger partial charge < -0.3 is 14.0 Å². The monoisotopic (exact) mass is 253 g/mol. The summed E-state index contributed by atoms with van der Waals surface area (Å²) >= 11 is 5.02. The van der Waals surface area contributed by atoms with Gasteiger partial charge in [-0.3, -0.25) is 5.10 Å². The molecular weight excluding hydrogens is 242 g/mol. The van der Waals surface area contributed by atoms with Crippen molar-refractivity contribution in [1.29, 1.82) is 0 Å². The minimum absolute atomic E-state index is 0.385. The number of nitrogens with zero attached hydrogens (tertiary/aromatic N) is 4. The summed E-state index contributed by atoms with van der Waals surface area (Å²) < 4.78 is 12.3. The van der Waals surface area contributed by atoms with Crippen molar-refractivity contribution in [3.05, 3.63) is 10.8 Å². The second-order valence-electron chi connectivity index (χ2n) is 3.19. The van der Waals surface area contributed by atoms with Gasteiger partial charge in [0.2, 0.25) is 17.6 Å². The average molecular weight is 253 g/mol. The number of H-pyrrole nitrogens is 1. The number of aromatic amines is 1. The quantitative estimate of drug-likeness (QED) is 0.821. The van der Waals surface area contributed by atoms with Crippen LogP contribution in [-0.2, 0) is 7.05 Å².